The van der Waals surface area contributed by atoms with Crippen LogP contribution in [0.5, 0.6) is 0 Å². The van der Waals surface area contributed by atoms with Crippen LogP contribution in [0.4, 0.5) is 0 Å². The Morgan fingerprint density at radius 1 is 0.567 bits per heavy atom. The fourth-order valence-corrected chi connectivity index (χ4v) is 8.07. The van der Waals surface area contributed by atoms with Crippen LogP contribution < -0.4 is 15.9 Å². The molecule has 0 amide bonds. The van der Waals surface area contributed by atoms with E-state index in [0.717, 1.165) is 0 Å². The molecular formula is C24H32BO4P. The van der Waals surface area contributed by atoms with E-state index in [1.807, 2.05) is 0 Å². The van der Waals surface area contributed by atoms with Crippen molar-refractivity contribution in [2.75, 3.05) is 6.16 Å². The van der Waals surface area contributed by atoms with E-state index in [0.29, 0.717) is 0 Å². The Labute approximate surface area is 180 Å². The molecule has 160 valence electrons. The summed E-state index contributed by atoms with van der Waals surface area (Å²) >= 11 is 0. The van der Waals surface area contributed by atoms with Crippen molar-refractivity contribution in [2.24, 2.45) is 0 Å². The van der Waals surface area contributed by atoms with Crippen molar-refractivity contribution >= 4 is 30.1 Å². The van der Waals surface area contributed by atoms with E-state index in [2.05, 4.69) is 97.9 Å². The zero-order valence-electron chi connectivity index (χ0n) is 17.5. The lowest BCUT2D eigenvalue weighted by molar-refractivity contribution is 0.117. The van der Waals surface area contributed by atoms with E-state index in [1.54, 1.807) is 0 Å². The van der Waals surface area contributed by atoms with Gasteiger partial charge in [-0.3, -0.25) is 0 Å². The molecule has 0 atom stereocenters. The molecule has 0 aromatic heterocycles. The number of benzene rings is 3. The Hall–Kier alpha value is -2.01. The quantitative estimate of drug-likeness (QED) is 0.254. The number of unbranched alkanes of at least 4 members (excludes halogenated alkanes) is 3. The molecule has 3 aromatic rings. The summed E-state index contributed by atoms with van der Waals surface area (Å²) in [4.78, 5) is 0. The topological polar surface area (TPSA) is 80.9 Å². The Bertz CT molecular complexity index is 737. The van der Waals surface area contributed by atoms with Crippen molar-refractivity contribution in [3.63, 3.8) is 0 Å². The van der Waals surface area contributed by atoms with Gasteiger partial charge in [-0.05, 0) is 49.2 Å². The molecule has 0 saturated carbocycles. The minimum Gasteiger partial charge on any atom is -0.534 e. The van der Waals surface area contributed by atoms with Gasteiger partial charge in [0.2, 0.25) is 0 Å². The molecule has 3 aromatic carbocycles. The van der Waals surface area contributed by atoms with Crippen molar-refractivity contribution in [3.8, 4) is 0 Å². The Balaban J connectivity index is 0.000000575. The Morgan fingerprint density at radius 2 is 0.900 bits per heavy atom. The highest BCUT2D eigenvalue weighted by Crippen LogP contribution is 2.55. The molecule has 0 spiro atoms. The largest absolute Gasteiger partial charge is 0.534 e. The van der Waals surface area contributed by atoms with Gasteiger partial charge in [0.05, 0.1) is 6.16 Å². The first kappa shape index (κ1) is 24.3. The first-order valence-electron chi connectivity index (χ1n) is 10.5. The summed E-state index contributed by atoms with van der Waals surface area (Å²) in [6.45, 7) is -1.71. The third-order valence-electron chi connectivity index (χ3n) is 4.94. The van der Waals surface area contributed by atoms with E-state index in [4.69, 9.17) is 20.1 Å². The maximum atomic E-state index is 7.25. The van der Waals surface area contributed by atoms with E-state index in [9.17, 15) is 0 Å². The minimum absolute atomic E-state index is 1.25. The molecule has 0 heterocycles. The van der Waals surface area contributed by atoms with Gasteiger partial charge in [-0.15, -0.1) is 0 Å². The van der Waals surface area contributed by atoms with Crippen molar-refractivity contribution in [2.45, 2.75) is 32.6 Å². The summed E-state index contributed by atoms with van der Waals surface area (Å²) in [7, 11) is -1.59. The van der Waals surface area contributed by atoms with E-state index < -0.39 is 14.2 Å². The molecule has 0 bridgehead atoms. The molecule has 4 N–H and O–H groups in total. The van der Waals surface area contributed by atoms with Gasteiger partial charge in [-0.1, -0.05) is 74.4 Å². The van der Waals surface area contributed by atoms with Gasteiger partial charge in [-0.2, -0.15) is 0 Å². The van der Waals surface area contributed by atoms with Crippen molar-refractivity contribution in [1.82, 2.24) is 0 Å². The molecular weight excluding hydrogens is 394 g/mol. The molecule has 0 aliphatic heterocycles. The van der Waals surface area contributed by atoms with Crippen LogP contribution in [-0.4, -0.2) is 33.2 Å². The van der Waals surface area contributed by atoms with Gasteiger partial charge in [0.1, 0.15) is 23.2 Å². The first-order chi connectivity index (χ1) is 14.4. The van der Waals surface area contributed by atoms with Crippen molar-refractivity contribution < 1.29 is 20.1 Å². The molecule has 0 unspecified atom stereocenters. The van der Waals surface area contributed by atoms with Gasteiger partial charge in [-0.25, -0.2) is 0 Å². The number of rotatable bonds is 8. The lowest BCUT2D eigenvalue weighted by atomic mass is 10.1. The SMILES string of the molecule is CCCCCC[P+](c1ccccc1)(c1ccccc1)c1ccccc1.O[B-](O)(O)O. The molecule has 6 heteroatoms. The summed E-state index contributed by atoms with van der Waals surface area (Å²) < 4.78 is 0. The highest BCUT2D eigenvalue weighted by atomic mass is 31.2. The fourth-order valence-electron chi connectivity index (χ4n) is 3.66. The Morgan fingerprint density at radius 3 is 1.20 bits per heavy atom. The van der Waals surface area contributed by atoms with Crippen LogP contribution in [0.2, 0.25) is 0 Å². The zero-order valence-corrected chi connectivity index (χ0v) is 18.4. The van der Waals surface area contributed by atoms with Gasteiger partial charge in [0.25, 0.3) is 0 Å². The lowest BCUT2D eigenvalue weighted by Crippen LogP contribution is -2.33. The summed E-state index contributed by atoms with van der Waals surface area (Å²) in [5, 5.41) is 33.5. The highest BCUT2D eigenvalue weighted by molar-refractivity contribution is 7.95. The number of hydrogen-bond acceptors (Lipinski definition) is 4. The molecule has 30 heavy (non-hydrogen) atoms. The van der Waals surface area contributed by atoms with Gasteiger partial charge >= 0.3 is 6.96 Å². The van der Waals surface area contributed by atoms with Crippen LogP contribution in [0.15, 0.2) is 91.0 Å². The molecule has 3 rings (SSSR count). The second-order valence-corrected chi connectivity index (χ2v) is 10.9. The van der Waals surface area contributed by atoms with Gasteiger partial charge in [0, 0.05) is 0 Å². The number of hydrogen-bond donors (Lipinski definition) is 4. The molecule has 0 saturated heterocycles. The second-order valence-electron chi connectivity index (χ2n) is 7.29. The smallest absolute Gasteiger partial charge is 0.521 e. The summed E-state index contributed by atoms with van der Waals surface area (Å²) in [5.41, 5.74) is 0. The van der Waals surface area contributed by atoms with Gasteiger partial charge in [0.15, 0.2) is 0 Å². The molecule has 0 aliphatic carbocycles. The summed E-state index contributed by atoms with van der Waals surface area (Å²) in [6.07, 6.45) is 6.49. The maximum Gasteiger partial charge on any atom is 0.521 e. The summed E-state index contributed by atoms with van der Waals surface area (Å²) in [5.74, 6) is 0. The average molecular weight is 426 g/mol. The molecule has 4 nitrogen and oxygen atoms in total. The monoisotopic (exact) mass is 426 g/mol. The average Bonchev–Trinajstić information content (AvgIpc) is 2.75. The minimum atomic E-state index is -4.00. The summed E-state index contributed by atoms with van der Waals surface area (Å²) in [6, 6.07) is 33.6. The molecule has 0 radical (unpaired) electrons. The van der Waals surface area contributed by atoms with E-state index in [1.165, 1.54) is 47.8 Å². The highest BCUT2D eigenvalue weighted by Gasteiger charge is 2.44. The van der Waals surface area contributed by atoms with Crippen molar-refractivity contribution in [3.05, 3.63) is 91.0 Å². The second kappa shape index (κ2) is 12.0. The van der Waals surface area contributed by atoms with Crippen LogP contribution in [0.25, 0.3) is 0 Å². The van der Waals surface area contributed by atoms with Crippen LogP contribution in [0.3, 0.4) is 0 Å². The Kier molecular flexibility index (Phi) is 9.70. The maximum absolute atomic E-state index is 7.25. The van der Waals surface area contributed by atoms with Crippen LogP contribution >= 0.6 is 7.26 Å². The zero-order chi connectivity index (χ0) is 21.9. The predicted octanol–water partition coefficient (Wildman–Crippen LogP) is 2.95. The van der Waals surface area contributed by atoms with Crippen LogP contribution in [0.1, 0.15) is 32.6 Å². The lowest BCUT2D eigenvalue weighted by Gasteiger charge is -2.27. The van der Waals surface area contributed by atoms with Gasteiger partial charge < -0.3 is 20.1 Å². The van der Waals surface area contributed by atoms with E-state index in [-0.39, 0.29) is 0 Å². The predicted molar refractivity (Wildman–Crippen MR) is 129 cm³/mol. The standard InChI is InChI=1S/C24H28P.BH4O4/c1-2-3-4-14-21-25(22-15-8-5-9-16-22,23-17-10-6-11-18-23)24-19-12-7-13-20-24;2-1(3,4)5/h5-13,15-20H,2-4,14,21H2,1H3;2-5H/q+1;-1. The van der Waals surface area contributed by atoms with Crippen molar-refractivity contribution in [1.29, 1.82) is 0 Å². The molecule has 0 fully saturated rings. The third kappa shape index (κ3) is 7.35. The normalized spacial score (nSPS) is 11.5. The van der Waals surface area contributed by atoms with Crippen LogP contribution in [-0.2, 0) is 0 Å². The first-order valence-corrected chi connectivity index (χ1v) is 12.4. The van der Waals surface area contributed by atoms with Crippen LogP contribution in [0, 0.1) is 0 Å². The van der Waals surface area contributed by atoms with E-state index >= 15 is 0 Å². The fraction of sp³-hybridized carbons (Fsp3) is 0.250. The third-order valence-corrected chi connectivity index (χ3v) is 9.46. The molecule has 0 aliphatic rings.